The first-order valence-corrected chi connectivity index (χ1v) is 3.59. The molecule has 46 valence electrons. The van der Waals surface area contributed by atoms with Gasteiger partial charge in [0.15, 0.2) is 0 Å². The molecule has 0 bridgehead atoms. The molecule has 0 aliphatic carbocycles. The van der Waals surface area contributed by atoms with Crippen molar-refractivity contribution in [2.75, 3.05) is 4.61 Å². The Morgan fingerprint density at radius 2 is 2.38 bits per heavy atom. The van der Waals surface area contributed by atoms with E-state index in [0.29, 0.717) is 10.2 Å². The number of ether oxygens (including phenoxy) is 1. The smallest absolute Gasteiger partial charge is 0.333 e. The third kappa shape index (κ3) is 3.01. The number of carbonyl (C=O) groups excluding carboxylic acids is 1. The molecule has 0 amide bonds. The third-order valence-electron chi connectivity index (χ3n) is 0.534. The molecular weight excluding hydrogens is 219 g/mol. The van der Waals surface area contributed by atoms with Crippen molar-refractivity contribution in [2.24, 2.45) is 0 Å². The highest BCUT2D eigenvalue weighted by Crippen LogP contribution is 1.93. The lowest BCUT2D eigenvalue weighted by molar-refractivity contribution is -0.136. The van der Waals surface area contributed by atoms with Crippen molar-refractivity contribution in [2.45, 2.75) is 6.92 Å². The topological polar surface area (TPSA) is 26.3 Å². The van der Waals surface area contributed by atoms with E-state index in [9.17, 15) is 4.79 Å². The van der Waals surface area contributed by atoms with Gasteiger partial charge in [0.2, 0.25) is 0 Å². The number of carbonyl (C=O) groups is 1. The van der Waals surface area contributed by atoms with Gasteiger partial charge in [0.25, 0.3) is 0 Å². The minimum Gasteiger partial charge on any atom is -0.452 e. The summed E-state index contributed by atoms with van der Waals surface area (Å²) in [5, 5.41) is 0. The van der Waals surface area contributed by atoms with E-state index >= 15 is 0 Å². The zero-order valence-corrected chi connectivity index (χ0v) is 6.77. The Morgan fingerprint density at radius 1 is 1.88 bits per heavy atom. The zero-order valence-electron chi connectivity index (χ0n) is 4.61. The predicted molar refractivity (Wildman–Crippen MR) is 39.8 cm³/mol. The number of halogens is 1. The Balaban J connectivity index is 3.49. The van der Waals surface area contributed by atoms with E-state index in [1.807, 2.05) is 22.6 Å². The second-order valence-electron chi connectivity index (χ2n) is 1.32. The van der Waals surface area contributed by atoms with Gasteiger partial charge < -0.3 is 4.74 Å². The van der Waals surface area contributed by atoms with Crippen molar-refractivity contribution >= 4 is 28.6 Å². The molecule has 3 heteroatoms. The molecule has 2 nitrogen and oxygen atoms in total. The van der Waals surface area contributed by atoms with Crippen LogP contribution in [0.5, 0.6) is 0 Å². The van der Waals surface area contributed by atoms with Crippen molar-refractivity contribution < 1.29 is 9.53 Å². The van der Waals surface area contributed by atoms with Crippen molar-refractivity contribution in [1.82, 2.24) is 0 Å². The van der Waals surface area contributed by atoms with Crippen LogP contribution in [0.4, 0.5) is 0 Å². The summed E-state index contributed by atoms with van der Waals surface area (Å²) in [4.78, 5) is 10.4. The number of hydrogen-bond acceptors (Lipinski definition) is 2. The van der Waals surface area contributed by atoms with Crippen LogP contribution in [0.1, 0.15) is 6.92 Å². The van der Waals surface area contributed by atoms with Gasteiger partial charge in [-0.05, 0) is 29.5 Å². The fraction of sp³-hybridized carbons (Fsp3) is 0.400. The summed E-state index contributed by atoms with van der Waals surface area (Å²) < 4.78 is 4.94. The SMILES string of the molecule is C=C(C)C(=O)OCI. The standard InChI is InChI=1S/C5H7IO2/c1-4(2)5(7)8-3-6/h1,3H2,2H3. The van der Waals surface area contributed by atoms with Crippen LogP contribution in [-0.2, 0) is 9.53 Å². The average Bonchev–Trinajstić information content (AvgIpc) is 1.67. The summed E-state index contributed by atoms with van der Waals surface area (Å²) in [5.74, 6) is -0.320. The maximum atomic E-state index is 10.4. The molecule has 0 aliphatic rings. The third-order valence-corrected chi connectivity index (χ3v) is 0.846. The van der Waals surface area contributed by atoms with Gasteiger partial charge in [-0.1, -0.05) is 6.58 Å². The van der Waals surface area contributed by atoms with E-state index < -0.39 is 0 Å². The van der Waals surface area contributed by atoms with Crippen molar-refractivity contribution in [3.63, 3.8) is 0 Å². The quantitative estimate of drug-likeness (QED) is 0.308. The van der Waals surface area contributed by atoms with E-state index in [0.717, 1.165) is 0 Å². The van der Waals surface area contributed by atoms with Crippen LogP contribution >= 0.6 is 22.6 Å². The van der Waals surface area contributed by atoms with E-state index in [1.165, 1.54) is 0 Å². The number of rotatable bonds is 2. The summed E-state index contributed by atoms with van der Waals surface area (Å²) >= 11 is 1.95. The van der Waals surface area contributed by atoms with Crippen LogP contribution < -0.4 is 0 Å². The molecule has 0 saturated carbocycles. The summed E-state index contributed by atoms with van der Waals surface area (Å²) in [5.41, 5.74) is 0.446. The van der Waals surface area contributed by atoms with E-state index in [2.05, 4.69) is 11.3 Å². The molecule has 0 N–H and O–H groups in total. The minimum absolute atomic E-state index is 0.320. The lowest BCUT2D eigenvalue weighted by Crippen LogP contribution is -2.01. The van der Waals surface area contributed by atoms with E-state index in [-0.39, 0.29) is 5.97 Å². The van der Waals surface area contributed by atoms with E-state index in [1.54, 1.807) is 6.92 Å². The highest BCUT2D eigenvalue weighted by molar-refractivity contribution is 14.1. The summed E-state index contributed by atoms with van der Waals surface area (Å²) in [6.45, 7) is 5.02. The molecule has 8 heavy (non-hydrogen) atoms. The molecule has 0 atom stereocenters. The largest absolute Gasteiger partial charge is 0.452 e. The molecule has 0 rings (SSSR count). The number of alkyl halides is 1. The lowest BCUT2D eigenvalue weighted by Gasteiger charge is -1.95. The molecule has 0 spiro atoms. The van der Waals surface area contributed by atoms with Crippen LogP contribution in [0.3, 0.4) is 0 Å². The summed E-state index contributed by atoms with van der Waals surface area (Å²) in [6.07, 6.45) is 0. The van der Waals surface area contributed by atoms with Crippen molar-refractivity contribution in [1.29, 1.82) is 0 Å². The molecule has 0 radical (unpaired) electrons. The van der Waals surface area contributed by atoms with Gasteiger partial charge in [-0.3, -0.25) is 0 Å². The normalized spacial score (nSPS) is 8.25. The first-order chi connectivity index (χ1) is 3.68. The molecule has 0 aliphatic heterocycles. The molecule has 0 aromatic heterocycles. The van der Waals surface area contributed by atoms with Crippen molar-refractivity contribution in [3.8, 4) is 0 Å². The fourth-order valence-corrected chi connectivity index (χ4v) is 0.456. The molecule has 0 fully saturated rings. The average molecular weight is 226 g/mol. The fourth-order valence-electron chi connectivity index (χ4n) is 0.173. The van der Waals surface area contributed by atoms with Gasteiger partial charge in [0, 0.05) is 5.57 Å². The Kier molecular flexibility index (Phi) is 3.85. The molecule has 0 aromatic carbocycles. The van der Waals surface area contributed by atoms with Gasteiger partial charge in [0.05, 0.1) is 0 Å². The summed E-state index contributed by atoms with van der Waals surface area (Å²) in [7, 11) is 0. The van der Waals surface area contributed by atoms with Gasteiger partial charge in [-0.2, -0.15) is 0 Å². The molecular formula is C5H7IO2. The van der Waals surface area contributed by atoms with Crippen LogP contribution in [0.2, 0.25) is 0 Å². The van der Waals surface area contributed by atoms with Gasteiger partial charge in [-0.15, -0.1) is 0 Å². The maximum absolute atomic E-state index is 10.4. The first-order valence-electron chi connectivity index (χ1n) is 2.07. The Hall–Kier alpha value is -0.0600. The van der Waals surface area contributed by atoms with Crippen molar-refractivity contribution in [3.05, 3.63) is 12.2 Å². The molecule has 0 saturated heterocycles. The Morgan fingerprint density at radius 3 is 2.50 bits per heavy atom. The van der Waals surface area contributed by atoms with Gasteiger partial charge in [-0.25, -0.2) is 4.79 Å². The summed E-state index contributed by atoms with van der Waals surface area (Å²) in [6, 6.07) is 0. The second kappa shape index (κ2) is 3.88. The van der Waals surface area contributed by atoms with Crippen LogP contribution in [0.25, 0.3) is 0 Å². The van der Waals surface area contributed by atoms with Gasteiger partial charge in [0.1, 0.15) is 4.61 Å². The van der Waals surface area contributed by atoms with Gasteiger partial charge >= 0.3 is 5.97 Å². The monoisotopic (exact) mass is 226 g/mol. The first kappa shape index (κ1) is 7.94. The molecule has 0 unspecified atom stereocenters. The highest BCUT2D eigenvalue weighted by Gasteiger charge is 1.98. The van der Waals surface area contributed by atoms with Crippen LogP contribution in [-0.4, -0.2) is 10.6 Å². The second-order valence-corrected chi connectivity index (χ2v) is 1.94. The zero-order chi connectivity index (χ0) is 6.57. The minimum atomic E-state index is -0.320. The number of hydrogen-bond donors (Lipinski definition) is 0. The molecule has 0 aromatic rings. The number of esters is 1. The van der Waals surface area contributed by atoms with Crippen LogP contribution in [0.15, 0.2) is 12.2 Å². The highest BCUT2D eigenvalue weighted by atomic mass is 127. The Bertz CT molecular complexity index is 109. The van der Waals surface area contributed by atoms with Crippen LogP contribution in [0, 0.1) is 0 Å². The van der Waals surface area contributed by atoms with E-state index in [4.69, 9.17) is 0 Å². The maximum Gasteiger partial charge on any atom is 0.333 e. The Labute approximate surface area is 62.0 Å². The predicted octanol–water partition coefficient (Wildman–Crippen LogP) is 1.50. The molecule has 0 heterocycles. The lowest BCUT2D eigenvalue weighted by atomic mass is 10.4.